The fraction of sp³-hybridized carbons (Fsp3) is 0.462. The minimum atomic E-state index is 0.380. The van der Waals surface area contributed by atoms with Gasteiger partial charge in [0.2, 0.25) is 0 Å². The van der Waals surface area contributed by atoms with Gasteiger partial charge in [0.05, 0.1) is 0 Å². The summed E-state index contributed by atoms with van der Waals surface area (Å²) in [4.78, 5) is 13.6. The number of Topliss-reactive ketones (excluding diaryl/α,β-unsaturated/α-hetero) is 1. The summed E-state index contributed by atoms with van der Waals surface area (Å²) in [5.74, 6) is 2.05. The zero-order chi connectivity index (χ0) is 10.4. The maximum atomic E-state index is 11.2. The van der Waals surface area contributed by atoms with E-state index in [0.29, 0.717) is 23.5 Å². The summed E-state index contributed by atoms with van der Waals surface area (Å²) in [6.07, 6.45) is 0. The van der Waals surface area contributed by atoms with E-state index in [9.17, 15) is 4.79 Å². The highest BCUT2D eigenvalue weighted by Crippen LogP contribution is 2.52. The van der Waals surface area contributed by atoms with Crippen LogP contribution in [0.2, 0.25) is 0 Å². The van der Waals surface area contributed by atoms with Gasteiger partial charge in [0.25, 0.3) is 0 Å². The highest BCUT2D eigenvalue weighted by molar-refractivity contribution is 5.82. The summed E-state index contributed by atoms with van der Waals surface area (Å²) in [5, 5.41) is 0. The van der Waals surface area contributed by atoms with Crippen molar-refractivity contribution in [1.82, 2.24) is 0 Å². The molecule has 0 radical (unpaired) electrons. The van der Waals surface area contributed by atoms with E-state index in [2.05, 4.69) is 29.2 Å². The average Bonchev–Trinajstić information content (AvgIpc) is 2.77. The molecule has 1 aliphatic heterocycles. The minimum absolute atomic E-state index is 0.380. The van der Waals surface area contributed by atoms with Crippen molar-refractivity contribution in [2.75, 3.05) is 18.0 Å². The fourth-order valence-corrected chi connectivity index (χ4v) is 2.98. The van der Waals surface area contributed by atoms with Gasteiger partial charge in [-0.2, -0.15) is 0 Å². The van der Waals surface area contributed by atoms with Crippen molar-refractivity contribution in [3.8, 4) is 0 Å². The van der Waals surface area contributed by atoms with E-state index in [1.807, 2.05) is 6.07 Å². The van der Waals surface area contributed by atoms with E-state index < -0.39 is 0 Å². The molecule has 0 aromatic heterocycles. The second-order valence-electron chi connectivity index (χ2n) is 4.70. The molecule has 0 unspecified atom stereocenters. The molecule has 0 N–H and O–H groups in total. The van der Waals surface area contributed by atoms with Gasteiger partial charge >= 0.3 is 0 Å². The highest BCUT2D eigenvalue weighted by Gasteiger charge is 2.57. The van der Waals surface area contributed by atoms with Crippen LogP contribution in [-0.4, -0.2) is 18.9 Å². The Balaban J connectivity index is 1.70. The molecule has 1 saturated heterocycles. The Hall–Kier alpha value is -1.31. The summed E-state index contributed by atoms with van der Waals surface area (Å²) >= 11 is 0. The summed E-state index contributed by atoms with van der Waals surface area (Å²) in [6.45, 7) is 3.87. The monoisotopic (exact) mass is 201 g/mol. The summed E-state index contributed by atoms with van der Waals surface area (Å²) < 4.78 is 0. The predicted molar refractivity (Wildman–Crippen MR) is 59.8 cm³/mol. The summed E-state index contributed by atoms with van der Waals surface area (Å²) in [5.41, 5.74) is 1.30. The van der Waals surface area contributed by atoms with Crippen molar-refractivity contribution >= 4 is 11.5 Å². The second kappa shape index (κ2) is 3.09. The van der Waals surface area contributed by atoms with Crippen LogP contribution < -0.4 is 4.90 Å². The fourth-order valence-electron chi connectivity index (χ4n) is 2.98. The van der Waals surface area contributed by atoms with E-state index >= 15 is 0 Å². The molecule has 15 heavy (non-hydrogen) atoms. The molecule has 2 nitrogen and oxygen atoms in total. The Morgan fingerprint density at radius 3 is 2.33 bits per heavy atom. The van der Waals surface area contributed by atoms with Gasteiger partial charge in [0.1, 0.15) is 5.78 Å². The van der Waals surface area contributed by atoms with Crippen LogP contribution in [-0.2, 0) is 4.79 Å². The lowest BCUT2D eigenvalue weighted by atomic mass is 10.2. The summed E-state index contributed by atoms with van der Waals surface area (Å²) in [6, 6.07) is 10.5. The van der Waals surface area contributed by atoms with Crippen LogP contribution in [0.1, 0.15) is 6.92 Å². The lowest BCUT2D eigenvalue weighted by molar-refractivity contribution is -0.118. The van der Waals surface area contributed by atoms with Gasteiger partial charge in [-0.25, -0.2) is 0 Å². The molecule has 1 aliphatic carbocycles. The van der Waals surface area contributed by atoms with Crippen LogP contribution in [0, 0.1) is 17.8 Å². The van der Waals surface area contributed by atoms with E-state index in [1.165, 1.54) is 5.69 Å². The SMILES string of the molecule is CC(=O)[C@H]1[C@@H]2CN(c3ccccc3)C[C@@H]21. The molecule has 0 bridgehead atoms. The van der Waals surface area contributed by atoms with Crippen LogP contribution in [0.25, 0.3) is 0 Å². The normalized spacial score (nSPS) is 32.6. The molecule has 0 spiro atoms. The van der Waals surface area contributed by atoms with Crippen LogP contribution in [0.4, 0.5) is 5.69 Å². The lowest BCUT2D eigenvalue weighted by Crippen LogP contribution is -2.25. The van der Waals surface area contributed by atoms with Gasteiger partial charge in [-0.05, 0) is 30.9 Å². The summed E-state index contributed by atoms with van der Waals surface area (Å²) in [7, 11) is 0. The standard InChI is InChI=1S/C13H15NO/c1-9(15)13-11-7-14(8-12(11)13)10-5-3-2-4-6-10/h2-6,11-13H,7-8H2,1H3/t11-,12+,13+. The molecule has 78 valence electrons. The van der Waals surface area contributed by atoms with Crippen LogP contribution in [0.3, 0.4) is 0 Å². The maximum Gasteiger partial charge on any atom is 0.133 e. The molecule has 1 heterocycles. The van der Waals surface area contributed by atoms with Crippen LogP contribution in [0.5, 0.6) is 0 Å². The Morgan fingerprint density at radius 2 is 1.80 bits per heavy atom. The van der Waals surface area contributed by atoms with Gasteiger partial charge in [-0.15, -0.1) is 0 Å². The number of piperidine rings is 1. The number of hydrogen-bond acceptors (Lipinski definition) is 2. The van der Waals surface area contributed by atoms with E-state index in [-0.39, 0.29) is 0 Å². The van der Waals surface area contributed by atoms with Gasteiger partial charge in [-0.1, -0.05) is 18.2 Å². The largest absolute Gasteiger partial charge is 0.371 e. The average molecular weight is 201 g/mol. The van der Waals surface area contributed by atoms with E-state index in [4.69, 9.17) is 0 Å². The molecule has 3 rings (SSSR count). The number of fused-ring (bicyclic) bond motifs is 1. The van der Waals surface area contributed by atoms with Gasteiger partial charge in [-0.3, -0.25) is 4.79 Å². The third-order valence-electron chi connectivity index (χ3n) is 3.78. The van der Waals surface area contributed by atoms with Crippen LogP contribution in [0.15, 0.2) is 30.3 Å². The Labute approximate surface area is 89.9 Å². The third-order valence-corrected chi connectivity index (χ3v) is 3.78. The van der Waals surface area contributed by atoms with E-state index in [0.717, 1.165) is 13.1 Å². The number of anilines is 1. The van der Waals surface area contributed by atoms with Crippen molar-refractivity contribution in [2.24, 2.45) is 17.8 Å². The predicted octanol–water partition coefficient (Wildman–Crippen LogP) is 1.96. The first-order valence-electron chi connectivity index (χ1n) is 5.58. The second-order valence-corrected chi connectivity index (χ2v) is 4.70. The van der Waals surface area contributed by atoms with Crippen molar-refractivity contribution in [2.45, 2.75) is 6.92 Å². The molecular formula is C13H15NO. The third kappa shape index (κ3) is 1.36. The number of para-hydroxylation sites is 1. The number of carbonyl (C=O) groups excluding carboxylic acids is 1. The van der Waals surface area contributed by atoms with Crippen molar-refractivity contribution in [1.29, 1.82) is 0 Å². The van der Waals surface area contributed by atoms with Crippen LogP contribution >= 0.6 is 0 Å². The van der Waals surface area contributed by atoms with Gasteiger partial charge < -0.3 is 4.90 Å². The zero-order valence-corrected chi connectivity index (χ0v) is 8.89. The van der Waals surface area contributed by atoms with E-state index in [1.54, 1.807) is 6.92 Å². The maximum absolute atomic E-state index is 11.2. The molecule has 1 saturated carbocycles. The molecule has 2 fully saturated rings. The molecule has 0 amide bonds. The van der Waals surface area contributed by atoms with Crippen molar-refractivity contribution in [3.05, 3.63) is 30.3 Å². The molecule has 1 aromatic rings. The van der Waals surface area contributed by atoms with Gasteiger partial charge in [0.15, 0.2) is 0 Å². The molecule has 2 aliphatic rings. The first kappa shape index (κ1) is 8.96. The first-order valence-corrected chi connectivity index (χ1v) is 5.58. The number of carbonyl (C=O) groups is 1. The number of rotatable bonds is 2. The molecule has 2 heteroatoms. The molecular weight excluding hydrogens is 186 g/mol. The van der Waals surface area contributed by atoms with Crippen molar-refractivity contribution in [3.63, 3.8) is 0 Å². The first-order chi connectivity index (χ1) is 7.27. The molecule has 1 aromatic carbocycles. The zero-order valence-electron chi connectivity index (χ0n) is 8.89. The highest BCUT2D eigenvalue weighted by atomic mass is 16.1. The smallest absolute Gasteiger partial charge is 0.133 e. The lowest BCUT2D eigenvalue weighted by Gasteiger charge is -2.21. The quantitative estimate of drug-likeness (QED) is 0.729. The molecule has 3 atom stereocenters. The minimum Gasteiger partial charge on any atom is -0.371 e. The number of ketones is 1. The van der Waals surface area contributed by atoms with Crippen molar-refractivity contribution < 1.29 is 4.79 Å². The number of nitrogens with zero attached hydrogens (tertiary/aromatic N) is 1. The Bertz CT molecular complexity index is 375. The number of hydrogen-bond donors (Lipinski definition) is 0. The number of benzene rings is 1. The van der Waals surface area contributed by atoms with Gasteiger partial charge in [0, 0.05) is 24.7 Å². The Morgan fingerprint density at radius 1 is 1.20 bits per heavy atom. The Kier molecular flexibility index (Phi) is 1.84. The topological polar surface area (TPSA) is 20.3 Å².